The van der Waals surface area contributed by atoms with Gasteiger partial charge in [0.25, 0.3) is 0 Å². The van der Waals surface area contributed by atoms with E-state index in [1.54, 1.807) is 0 Å². The van der Waals surface area contributed by atoms with Crippen LogP contribution in [0.2, 0.25) is 0 Å². The van der Waals surface area contributed by atoms with Crippen molar-refractivity contribution in [1.82, 2.24) is 0 Å². The molecule has 136 valence electrons. The Kier molecular flexibility index (Phi) is 18.2. The number of carboxylic acids is 1. The summed E-state index contributed by atoms with van der Waals surface area (Å²) in [5, 5.41) is 8.53. The van der Waals surface area contributed by atoms with Crippen LogP contribution < -0.4 is 0 Å². The van der Waals surface area contributed by atoms with Crippen LogP contribution >= 0.6 is 0 Å². The van der Waals surface area contributed by atoms with Gasteiger partial charge in [-0.25, -0.2) is 0 Å². The van der Waals surface area contributed by atoms with Gasteiger partial charge in [-0.1, -0.05) is 81.2 Å². The molecule has 0 aliphatic rings. The Morgan fingerprint density at radius 2 is 1.29 bits per heavy atom. The minimum atomic E-state index is -0.683. The summed E-state index contributed by atoms with van der Waals surface area (Å²) in [6.07, 6.45) is 30.2. The third-order valence-electron chi connectivity index (χ3n) is 3.75. The molecule has 0 atom stereocenters. The first kappa shape index (κ1) is 22.4. The molecule has 0 unspecified atom stereocenters. The van der Waals surface area contributed by atoms with Gasteiger partial charge in [0.1, 0.15) is 0 Å². The topological polar surface area (TPSA) is 37.3 Å². The lowest BCUT2D eigenvalue weighted by atomic mass is 10.1. The van der Waals surface area contributed by atoms with Crippen molar-refractivity contribution in [2.75, 3.05) is 0 Å². The summed E-state index contributed by atoms with van der Waals surface area (Å²) in [6.45, 7) is 2.24. The largest absolute Gasteiger partial charge is 0.481 e. The standard InChI is InChI=1S/C22H36O2/c1-2-3-4-5-6-7-8-9-10-11-12-13-14-15-16-17-18-19-20-21-22(23)24/h6-7,9-10,12-15H,2-5,8,11,16-21H2,1H3,(H,23,24)/b7-6+,10-9+,13-12+,15-14+. The molecule has 0 aromatic heterocycles. The number of aliphatic carboxylic acids is 1. The predicted molar refractivity (Wildman–Crippen MR) is 105 cm³/mol. The fourth-order valence-electron chi connectivity index (χ4n) is 2.30. The van der Waals surface area contributed by atoms with Gasteiger partial charge < -0.3 is 5.11 Å². The van der Waals surface area contributed by atoms with Crippen LogP contribution in [0.4, 0.5) is 0 Å². The highest BCUT2D eigenvalue weighted by Gasteiger charge is 1.95. The molecule has 0 aliphatic carbocycles. The lowest BCUT2D eigenvalue weighted by Gasteiger charge is -1.96. The highest BCUT2D eigenvalue weighted by atomic mass is 16.4. The molecule has 0 bridgehead atoms. The molecule has 0 heterocycles. The van der Waals surface area contributed by atoms with Crippen LogP contribution in [0, 0.1) is 0 Å². The molecule has 0 amide bonds. The zero-order valence-corrected chi connectivity index (χ0v) is 15.5. The molecule has 0 aromatic rings. The summed E-state index contributed by atoms with van der Waals surface area (Å²) in [5.74, 6) is -0.683. The Morgan fingerprint density at radius 1 is 0.708 bits per heavy atom. The zero-order chi connectivity index (χ0) is 17.7. The van der Waals surface area contributed by atoms with E-state index in [1.165, 1.54) is 25.7 Å². The van der Waals surface area contributed by atoms with Crippen LogP contribution in [0.25, 0.3) is 0 Å². The number of hydrogen-bond donors (Lipinski definition) is 1. The number of hydrogen-bond acceptors (Lipinski definition) is 1. The average molecular weight is 333 g/mol. The molecule has 24 heavy (non-hydrogen) atoms. The number of allylic oxidation sites excluding steroid dienone is 8. The Morgan fingerprint density at radius 3 is 2.04 bits per heavy atom. The van der Waals surface area contributed by atoms with Gasteiger partial charge in [-0.3, -0.25) is 4.79 Å². The van der Waals surface area contributed by atoms with Crippen LogP contribution in [-0.4, -0.2) is 11.1 Å². The monoisotopic (exact) mass is 332 g/mol. The van der Waals surface area contributed by atoms with Crippen LogP contribution in [0.5, 0.6) is 0 Å². The molecular formula is C22H36O2. The number of carbonyl (C=O) groups is 1. The summed E-state index contributed by atoms with van der Waals surface area (Å²) in [7, 11) is 0. The highest BCUT2D eigenvalue weighted by molar-refractivity contribution is 5.66. The van der Waals surface area contributed by atoms with Crippen molar-refractivity contribution in [2.24, 2.45) is 0 Å². The van der Waals surface area contributed by atoms with E-state index in [2.05, 4.69) is 55.5 Å². The number of unbranched alkanes of at least 4 members (excludes halogenated alkanes) is 7. The molecule has 0 aromatic carbocycles. The second-order valence-electron chi connectivity index (χ2n) is 6.11. The van der Waals surface area contributed by atoms with Gasteiger partial charge in [0.2, 0.25) is 0 Å². The van der Waals surface area contributed by atoms with Crippen molar-refractivity contribution < 1.29 is 9.90 Å². The van der Waals surface area contributed by atoms with Gasteiger partial charge in [0, 0.05) is 6.42 Å². The average Bonchev–Trinajstić information content (AvgIpc) is 2.56. The lowest BCUT2D eigenvalue weighted by Crippen LogP contribution is -1.93. The van der Waals surface area contributed by atoms with Crippen LogP contribution in [0.1, 0.15) is 84.0 Å². The molecule has 0 saturated carbocycles. The Labute approximate surface area is 149 Å². The third-order valence-corrected chi connectivity index (χ3v) is 3.75. The van der Waals surface area contributed by atoms with E-state index in [0.29, 0.717) is 6.42 Å². The minimum absolute atomic E-state index is 0.306. The van der Waals surface area contributed by atoms with Crippen molar-refractivity contribution in [3.8, 4) is 0 Å². The van der Waals surface area contributed by atoms with Crippen LogP contribution in [-0.2, 0) is 4.79 Å². The number of rotatable bonds is 16. The second-order valence-corrected chi connectivity index (χ2v) is 6.11. The molecule has 2 heteroatoms. The van der Waals surface area contributed by atoms with Gasteiger partial charge in [0.15, 0.2) is 0 Å². The Hall–Kier alpha value is -1.57. The molecule has 0 aliphatic heterocycles. The Balaban J connectivity index is 3.38. The molecular weight excluding hydrogens is 296 g/mol. The molecule has 0 saturated heterocycles. The van der Waals surface area contributed by atoms with Gasteiger partial charge >= 0.3 is 5.97 Å². The van der Waals surface area contributed by atoms with Gasteiger partial charge in [-0.05, 0) is 44.9 Å². The Bertz CT molecular complexity index is 389. The smallest absolute Gasteiger partial charge is 0.303 e. The minimum Gasteiger partial charge on any atom is -0.481 e. The first-order valence-corrected chi connectivity index (χ1v) is 9.60. The maximum Gasteiger partial charge on any atom is 0.303 e. The van der Waals surface area contributed by atoms with E-state index in [0.717, 1.165) is 44.9 Å². The summed E-state index contributed by atoms with van der Waals surface area (Å²) in [4.78, 5) is 10.4. The van der Waals surface area contributed by atoms with E-state index in [1.807, 2.05) is 0 Å². The zero-order valence-electron chi connectivity index (χ0n) is 15.5. The lowest BCUT2D eigenvalue weighted by molar-refractivity contribution is -0.137. The van der Waals surface area contributed by atoms with Crippen molar-refractivity contribution in [2.45, 2.75) is 84.0 Å². The van der Waals surface area contributed by atoms with Crippen molar-refractivity contribution in [1.29, 1.82) is 0 Å². The van der Waals surface area contributed by atoms with Crippen molar-refractivity contribution in [3.05, 3.63) is 48.6 Å². The summed E-state index contributed by atoms with van der Waals surface area (Å²) < 4.78 is 0. The molecule has 0 rings (SSSR count). The van der Waals surface area contributed by atoms with Gasteiger partial charge in [-0.15, -0.1) is 0 Å². The third kappa shape index (κ3) is 20.4. The van der Waals surface area contributed by atoms with Crippen molar-refractivity contribution >= 4 is 5.97 Å². The first-order valence-electron chi connectivity index (χ1n) is 9.60. The van der Waals surface area contributed by atoms with E-state index < -0.39 is 5.97 Å². The van der Waals surface area contributed by atoms with E-state index >= 15 is 0 Å². The highest BCUT2D eigenvalue weighted by Crippen LogP contribution is 2.06. The van der Waals surface area contributed by atoms with E-state index in [4.69, 9.17) is 5.11 Å². The molecule has 2 nitrogen and oxygen atoms in total. The maximum absolute atomic E-state index is 10.4. The summed E-state index contributed by atoms with van der Waals surface area (Å²) in [5.41, 5.74) is 0. The fraction of sp³-hybridized carbons (Fsp3) is 0.591. The van der Waals surface area contributed by atoms with E-state index in [-0.39, 0.29) is 0 Å². The predicted octanol–water partition coefficient (Wildman–Crippen LogP) is 7.00. The molecule has 0 fully saturated rings. The van der Waals surface area contributed by atoms with Crippen LogP contribution in [0.3, 0.4) is 0 Å². The number of carboxylic acid groups (broad SMARTS) is 1. The van der Waals surface area contributed by atoms with Crippen molar-refractivity contribution in [3.63, 3.8) is 0 Å². The summed E-state index contributed by atoms with van der Waals surface area (Å²) >= 11 is 0. The molecule has 1 N–H and O–H groups in total. The molecule has 0 radical (unpaired) electrons. The maximum atomic E-state index is 10.4. The van der Waals surface area contributed by atoms with Gasteiger partial charge in [0.05, 0.1) is 0 Å². The van der Waals surface area contributed by atoms with Crippen LogP contribution in [0.15, 0.2) is 48.6 Å². The second kappa shape index (κ2) is 19.5. The van der Waals surface area contributed by atoms with E-state index in [9.17, 15) is 4.79 Å². The molecule has 0 spiro atoms. The van der Waals surface area contributed by atoms with Gasteiger partial charge in [-0.2, -0.15) is 0 Å². The summed E-state index contributed by atoms with van der Waals surface area (Å²) in [6, 6.07) is 0. The quantitative estimate of drug-likeness (QED) is 0.188. The SMILES string of the molecule is CCCCC/C=C/C/C=C/C/C=C/C=C/CCCCCCC(=O)O. The normalized spacial score (nSPS) is 12.4. The fourth-order valence-corrected chi connectivity index (χ4v) is 2.30. The first-order chi connectivity index (χ1) is 11.8.